The van der Waals surface area contributed by atoms with Crippen LogP contribution in [0.2, 0.25) is 0 Å². The summed E-state index contributed by atoms with van der Waals surface area (Å²) in [6, 6.07) is 4.07. The maximum Gasteiger partial charge on any atom is 0.294 e. The molecular weight excluding hydrogens is 262 g/mol. The Kier molecular flexibility index (Phi) is 3.76. The van der Waals surface area contributed by atoms with Gasteiger partial charge in [-0.05, 0) is 18.7 Å². The Morgan fingerprint density at radius 3 is 2.80 bits per heavy atom. The molecule has 8 heteroatoms. The third kappa shape index (κ3) is 2.50. The Bertz CT molecular complexity index is 665. The summed E-state index contributed by atoms with van der Waals surface area (Å²) in [5.74, 6) is -0.102. The molecule has 20 heavy (non-hydrogen) atoms. The van der Waals surface area contributed by atoms with Crippen molar-refractivity contribution in [2.75, 3.05) is 6.54 Å². The number of nitro groups is 1. The molecule has 1 heterocycles. The molecule has 1 aromatic carbocycles. The zero-order valence-corrected chi connectivity index (χ0v) is 10.5. The molecule has 0 aliphatic rings. The molecule has 0 aliphatic carbocycles. The van der Waals surface area contributed by atoms with Gasteiger partial charge >= 0.3 is 0 Å². The molecule has 0 unspecified atom stereocenters. The summed E-state index contributed by atoms with van der Waals surface area (Å²) in [5, 5.41) is 11.2. The molecule has 0 fully saturated rings. The fourth-order valence-electron chi connectivity index (χ4n) is 1.89. The predicted molar refractivity (Wildman–Crippen MR) is 71.5 cm³/mol. The first-order valence-corrected chi connectivity index (χ1v) is 5.85. The van der Waals surface area contributed by atoms with Crippen LogP contribution < -0.4 is 11.5 Å². The first kappa shape index (κ1) is 13.7. The lowest BCUT2D eigenvalue weighted by Gasteiger charge is -2.08. The highest BCUT2D eigenvalue weighted by Crippen LogP contribution is 2.25. The van der Waals surface area contributed by atoms with E-state index in [-0.39, 0.29) is 11.3 Å². The molecule has 1 amide bonds. The van der Waals surface area contributed by atoms with Gasteiger partial charge in [0.2, 0.25) is 5.91 Å². The van der Waals surface area contributed by atoms with Gasteiger partial charge < -0.3 is 11.5 Å². The lowest BCUT2D eigenvalue weighted by atomic mass is 10.1. The predicted octanol–water partition coefficient (Wildman–Crippen LogP) is 0.381. The van der Waals surface area contributed by atoms with Gasteiger partial charge in [0.25, 0.3) is 5.69 Å². The first-order valence-electron chi connectivity index (χ1n) is 5.85. The normalized spacial score (nSPS) is 10.4. The highest BCUT2D eigenvalue weighted by molar-refractivity contribution is 5.94. The van der Waals surface area contributed by atoms with Crippen molar-refractivity contribution in [3.63, 3.8) is 0 Å². The number of benzene rings is 1. The molecule has 2 rings (SSSR count). The fourth-order valence-corrected chi connectivity index (χ4v) is 1.89. The Morgan fingerprint density at radius 2 is 2.20 bits per heavy atom. The van der Waals surface area contributed by atoms with Crippen LogP contribution in [-0.4, -0.2) is 26.9 Å². The number of nitrogens with zero attached hydrogens (tertiary/aromatic N) is 3. The van der Waals surface area contributed by atoms with Crippen molar-refractivity contribution >= 4 is 11.6 Å². The van der Waals surface area contributed by atoms with E-state index in [2.05, 4.69) is 4.98 Å². The summed E-state index contributed by atoms with van der Waals surface area (Å²) in [5.41, 5.74) is 10.8. The van der Waals surface area contributed by atoms with E-state index in [1.165, 1.54) is 18.3 Å². The van der Waals surface area contributed by atoms with Gasteiger partial charge in [-0.1, -0.05) is 0 Å². The second kappa shape index (κ2) is 5.49. The molecule has 8 nitrogen and oxygen atoms in total. The molecule has 0 spiro atoms. The van der Waals surface area contributed by atoms with Crippen LogP contribution in [0.5, 0.6) is 0 Å². The molecule has 0 saturated heterocycles. The zero-order chi connectivity index (χ0) is 14.7. The highest BCUT2D eigenvalue weighted by Gasteiger charge is 2.19. The van der Waals surface area contributed by atoms with Crippen LogP contribution in [0.1, 0.15) is 16.2 Å². The SMILES string of the molecule is NCCc1nccn1-c1ccc(C(N)=O)cc1[N+](=O)[O-]. The van der Waals surface area contributed by atoms with Gasteiger partial charge in [-0.25, -0.2) is 4.98 Å². The van der Waals surface area contributed by atoms with E-state index in [1.54, 1.807) is 10.8 Å². The standard InChI is InChI=1S/C12H13N5O3/c13-4-3-11-15-5-6-16(11)9-2-1-8(12(14)18)7-10(9)17(19)20/h1-2,5-7H,3-4,13H2,(H2,14,18). The van der Waals surface area contributed by atoms with Crippen molar-refractivity contribution in [2.45, 2.75) is 6.42 Å². The average Bonchev–Trinajstić information content (AvgIpc) is 2.86. The Morgan fingerprint density at radius 1 is 1.45 bits per heavy atom. The van der Waals surface area contributed by atoms with Crippen LogP contribution in [0.15, 0.2) is 30.6 Å². The van der Waals surface area contributed by atoms with Gasteiger partial charge in [-0.2, -0.15) is 0 Å². The van der Waals surface area contributed by atoms with Gasteiger partial charge in [-0.3, -0.25) is 19.5 Å². The van der Waals surface area contributed by atoms with E-state index in [9.17, 15) is 14.9 Å². The van der Waals surface area contributed by atoms with E-state index in [0.717, 1.165) is 6.07 Å². The van der Waals surface area contributed by atoms with Crippen molar-refractivity contribution in [2.24, 2.45) is 11.5 Å². The number of nitro benzene ring substituents is 1. The van der Waals surface area contributed by atoms with Crippen molar-refractivity contribution < 1.29 is 9.72 Å². The third-order valence-corrected chi connectivity index (χ3v) is 2.80. The van der Waals surface area contributed by atoms with Crippen LogP contribution in [0.3, 0.4) is 0 Å². The smallest absolute Gasteiger partial charge is 0.294 e. The molecule has 4 N–H and O–H groups in total. The van der Waals surface area contributed by atoms with Gasteiger partial charge in [0.1, 0.15) is 11.5 Å². The van der Waals surface area contributed by atoms with Crippen LogP contribution >= 0.6 is 0 Å². The number of primary amides is 1. The second-order valence-corrected chi connectivity index (χ2v) is 4.08. The number of nitrogens with two attached hydrogens (primary N) is 2. The molecule has 2 aromatic rings. The van der Waals surface area contributed by atoms with Crippen molar-refractivity contribution in [3.8, 4) is 5.69 Å². The molecule has 0 saturated carbocycles. The molecule has 1 aromatic heterocycles. The highest BCUT2D eigenvalue weighted by atomic mass is 16.6. The number of imidazole rings is 1. The van der Waals surface area contributed by atoms with E-state index in [0.29, 0.717) is 24.5 Å². The topological polar surface area (TPSA) is 130 Å². The van der Waals surface area contributed by atoms with Gasteiger partial charge in [0.15, 0.2) is 0 Å². The van der Waals surface area contributed by atoms with Gasteiger partial charge in [0, 0.05) is 30.4 Å². The first-order chi connectivity index (χ1) is 9.54. The minimum Gasteiger partial charge on any atom is -0.366 e. The molecule has 0 aliphatic heterocycles. The summed E-state index contributed by atoms with van der Waals surface area (Å²) >= 11 is 0. The Balaban J connectivity index is 2.58. The van der Waals surface area contributed by atoms with E-state index >= 15 is 0 Å². The minimum atomic E-state index is -0.715. The van der Waals surface area contributed by atoms with E-state index in [1.807, 2.05) is 0 Å². The average molecular weight is 275 g/mol. The number of carbonyl (C=O) groups is 1. The van der Waals surface area contributed by atoms with Crippen molar-refractivity contribution in [3.05, 3.63) is 52.1 Å². The number of hydrogen-bond donors (Lipinski definition) is 2. The molecule has 0 atom stereocenters. The van der Waals surface area contributed by atoms with Crippen molar-refractivity contribution in [1.82, 2.24) is 9.55 Å². The summed E-state index contributed by atoms with van der Waals surface area (Å²) in [6.45, 7) is 0.379. The van der Waals surface area contributed by atoms with E-state index in [4.69, 9.17) is 11.5 Å². The number of aromatic nitrogens is 2. The summed E-state index contributed by atoms with van der Waals surface area (Å²) in [4.78, 5) is 25.8. The third-order valence-electron chi connectivity index (χ3n) is 2.80. The monoisotopic (exact) mass is 275 g/mol. The number of rotatable bonds is 5. The van der Waals surface area contributed by atoms with Crippen LogP contribution in [0.25, 0.3) is 5.69 Å². The number of carbonyl (C=O) groups excluding carboxylic acids is 1. The molecular formula is C12H13N5O3. The second-order valence-electron chi connectivity index (χ2n) is 4.08. The van der Waals surface area contributed by atoms with Crippen LogP contribution in [0, 0.1) is 10.1 Å². The Hall–Kier alpha value is -2.74. The molecule has 0 bridgehead atoms. The minimum absolute atomic E-state index is 0.0842. The quantitative estimate of drug-likeness (QED) is 0.601. The summed E-state index contributed by atoms with van der Waals surface area (Å²) in [6.07, 6.45) is 3.63. The van der Waals surface area contributed by atoms with Gasteiger partial charge in [-0.15, -0.1) is 0 Å². The summed E-state index contributed by atoms with van der Waals surface area (Å²) in [7, 11) is 0. The molecule has 0 radical (unpaired) electrons. The molecule has 104 valence electrons. The lowest BCUT2D eigenvalue weighted by molar-refractivity contribution is -0.384. The fraction of sp³-hybridized carbons (Fsp3) is 0.167. The van der Waals surface area contributed by atoms with Gasteiger partial charge in [0.05, 0.1) is 4.92 Å². The van der Waals surface area contributed by atoms with E-state index < -0.39 is 10.8 Å². The van der Waals surface area contributed by atoms with Crippen LogP contribution in [0.4, 0.5) is 5.69 Å². The lowest BCUT2D eigenvalue weighted by Crippen LogP contribution is -2.13. The summed E-state index contributed by atoms with van der Waals surface area (Å²) < 4.78 is 1.58. The number of hydrogen-bond acceptors (Lipinski definition) is 5. The maximum absolute atomic E-state index is 11.2. The maximum atomic E-state index is 11.2. The van der Waals surface area contributed by atoms with Crippen molar-refractivity contribution in [1.29, 1.82) is 0 Å². The van der Waals surface area contributed by atoms with Crippen LogP contribution in [-0.2, 0) is 6.42 Å². The largest absolute Gasteiger partial charge is 0.366 e. The number of amides is 1. The Labute approximate surface area is 114 Å². The zero-order valence-electron chi connectivity index (χ0n) is 10.5.